The van der Waals surface area contributed by atoms with Crippen LogP contribution in [0.2, 0.25) is 5.02 Å². The Hall–Kier alpha value is -1.32. The first kappa shape index (κ1) is 12.1. The van der Waals surface area contributed by atoms with Gasteiger partial charge in [-0.25, -0.2) is 4.98 Å². The predicted molar refractivity (Wildman–Crippen MR) is 71.2 cm³/mol. The quantitative estimate of drug-likeness (QED) is 0.907. The number of rotatable bonds is 3. The molecule has 0 amide bonds. The van der Waals surface area contributed by atoms with E-state index in [2.05, 4.69) is 21.8 Å². The molecule has 0 radical (unpaired) electrons. The lowest BCUT2D eigenvalue weighted by molar-refractivity contribution is 0.783. The standard InChI is InChI=1S/C13H16ClN3/c1-9-12(8-15-2)16-13(17(9)3)10-4-6-11(14)7-5-10/h4-7,15H,8H2,1-3H3. The van der Waals surface area contributed by atoms with Crippen molar-refractivity contribution in [2.45, 2.75) is 13.5 Å². The van der Waals surface area contributed by atoms with E-state index < -0.39 is 0 Å². The Morgan fingerprint density at radius 1 is 1.29 bits per heavy atom. The van der Waals surface area contributed by atoms with Crippen LogP contribution in [0.1, 0.15) is 11.4 Å². The molecule has 0 spiro atoms. The first-order valence-corrected chi connectivity index (χ1v) is 5.94. The summed E-state index contributed by atoms with van der Waals surface area (Å²) in [6.45, 7) is 2.87. The summed E-state index contributed by atoms with van der Waals surface area (Å²) in [7, 11) is 3.96. The molecule has 2 rings (SSSR count). The van der Waals surface area contributed by atoms with Gasteiger partial charge in [-0.3, -0.25) is 0 Å². The van der Waals surface area contributed by atoms with Gasteiger partial charge in [0, 0.05) is 29.9 Å². The summed E-state index contributed by atoms with van der Waals surface area (Å²) in [5, 5.41) is 3.87. The third-order valence-corrected chi connectivity index (χ3v) is 3.18. The third-order valence-electron chi connectivity index (χ3n) is 2.93. The average molecular weight is 250 g/mol. The van der Waals surface area contributed by atoms with Crippen LogP contribution in [0.25, 0.3) is 11.4 Å². The van der Waals surface area contributed by atoms with Gasteiger partial charge >= 0.3 is 0 Å². The van der Waals surface area contributed by atoms with Crippen LogP contribution in [0.15, 0.2) is 24.3 Å². The SMILES string of the molecule is CNCc1nc(-c2ccc(Cl)cc2)n(C)c1C. The van der Waals surface area contributed by atoms with Gasteiger partial charge in [-0.1, -0.05) is 11.6 Å². The van der Waals surface area contributed by atoms with Crippen LogP contribution >= 0.6 is 11.6 Å². The van der Waals surface area contributed by atoms with E-state index >= 15 is 0 Å². The van der Waals surface area contributed by atoms with E-state index in [1.165, 1.54) is 5.69 Å². The number of imidazole rings is 1. The fourth-order valence-electron chi connectivity index (χ4n) is 1.83. The largest absolute Gasteiger partial charge is 0.331 e. The van der Waals surface area contributed by atoms with Gasteiger partial charge in [-0.05, 0) is 38.2 Å². The van der Waals surface area contributed by atoms with E-state index in [-0.39, 0.29) is 0 Å². The number of nitrogens with one attached hydrogen (secondary N) is 1. The minimum absolute atomic E-state index is 0.745. The van der Waals surface area contributed by atoms with Crippen molar-refractivity contribution in [3.8, 4) is 11.4 Å². The molecule has 0 aliphatic heterocycles. The number of nitrogens with zero attached hydrogens (tertiary/aromatic N) is 2. The first-order chi connectivity index (χ1) is 8.13. The molecule has 0 fully saturated rings. The highest BCUT2D eigenvalue weighted by molar-refractivity contribution is 6.30. The van der Waals surface area contributed by atoms with Crippen molar-refractivity contribution in [1.82, 2.24) is 14.9 Å². The normalized spacial score (nSPS) is 10.8. The zero-order chi connectivity index (χ0) is 12.4. The summed E-state index contributed by atoms with van der Waals surface area (Å²) in [4.78, 5) is 4.66. The van der Waals surface area contributed by atoms with E-state index in [4.69, 9.17) is 11.6 Å². The molecule has 90 valence electrons. The predicted octanol–water partition coefficient (Wildman–Crippen LogP) is 2.77. The van der Waals surface area contributed by atoms with Crippen molar-refractivity contribution < 1.29 is 0 Å². The zero-order valence-electron chi connectivity index (χ0n) is 10.3. The Morgan fingerprint density at radius 3 is 2.53 bits per heavy atom. The smallest absolute Gasteiger partial charge is 0.140 e. The van der Waals surface area contributed by atoms with Gasteiger partial charge in [0.15, 0.2) is 0 Å². The molecule has 1 aromatic carbocycles. The average Bonchev–Trinajstić information content (AvgIpc) is 2.59. The van der Waals surface area contributed by atoms with Crippen molar-refractivity contribution in [2.24, 2.45) is 7.05 Å². The molecule has 17 heavy (non-hydrogen) atoms. The van der Waals surface area contributed by atoms with Gasteiger partial charge < -0.3 is 9.88 Å². The molecule has 0 aliphatic carbocycles. The maximum absolute atomic E-state index is 5.89. The molecule has 0 unspecified atom stereocenters. The van der Waals surface area contributed by atoms with Crippen LogP contribution in [0.4, 0.5) is 0 Å². The summed E-state index contributed by atoms with van der Waals surface area (Å²) in [5.41, 5.74) is 3.35. The van der Waals surface area contributed by atoms with Gasteiger partial charge in [0.25, 0.3) is 0 Å². The summed E-state index contributed by atoms with van der Waals surface area (Å²) in [5.74, 6) is 0.976. The van der Waals surface area contributed by atoms with Gasteiger partial charge in [-0.15, -0.1) is 0 Å². The zero-order valence-corrected chi connectivity index (χ0v) is 11.0. The number of benzene rings is 1. The molecule has 0 atom stereocenters. The van der Waals surface area contributed by atoms with Crippen LogP contribution in [-0.4, -0.2) is 16.6 Å². The summed E-state index contributed by atoms with van der Waals surface area (Å²) in [6.07, 6.45) is 0. The lowest BCUT2D eigenvalue weighted by Gasteiger charge is -2.03. The highest BCUT2D eigenvalue weighted by atomic mass is 35.5. The van der Waals surface area contributed by atoms with Gasteiger partial charge in [0.05, 0.1) is 5.69 Å². The monoisotopic (exact) mass is 249 g/mol. The molecule has 0 aliphatic rings. The molecule has 3 nitrogen and oxygen atoms in total. The van der Waals surface area contributed by atoms with Crippen LogP contribution in [-0.2, 0) is 13.6 Å². The number of hydrogen-bond donors (Lipinski definition) is 1. The summed E-state index contributed by atoms with van der Waals surface area (Å²) < 4.78 is 2.11. The Labute approximate surface area is 106 Å². The summed E-state index contributed by atoms with van der Waals surface area (Å²) in [6, 6.07) is 7.76. The fourth-order valence-corrected chi connectivity index (χ4v) is 1.95. The second-order valence-corrected chi connectivity index (χ2v) is 4.50. The van der Waals surface area contributed by atoms with Crippen molar-refractivity contribution in [1.29, 1.82) is 0 Å². The fraction of sp³-hybridized carbons (Fsp3) is 0.308. The second kappa shape index (κ2) is 4.90. The molecule has 0 bridgehead atoms. The summed E-state index contributed by atoms with van der Waals surface area (Å²) >= 11 is 5.89. The van der Waals surface area contributed by atoms with Gasteiger partial charge in [0.1, 0.15) is 5.82 Å². The third kappa shape index (κ3) is 2.35. The second-order valence-electron chi connectivity index (χ2n) is 4.06. The molecule has 2 aromatic rings. The van der Waals surface area contributed by atoms with Crippen molar-refractivity contribution >= 4 is 11.6 Å². The molecular weight excluding hydrogens is 234 g/mol. The number of aromatic nitrogens is 2. The molecule has 1 heterocycles. The topological polar surface area (TPSA) is 29.9 Å². The van der Waals surface area contributed by atoms with Gasteiger partial charge in [0.2, 0.25) is 0 Å². The van der Waals surface area contributed by atoms with Crippen LogP contribution in [0, 0.1) is 6.92 Å². The van der Waals surface area contributed by atoms with E-state index in [1.54, 1.807) is 0 Å². The molecule has 0 saturated heterocycles. The molecule has 0 saturated carbocycles. The molecule has 4 heteroatoms. The van der Waals surface area contributed by atoms with E-state index in [9.17, 15) is 0 Å². The first-order valence-electron chi connectivity index (χ1n) is 5.56. The van der Waals surface area contributed by atoms with Gasteiger partial charge in [-0.2, -0.15) is 0 Å². The van der Waals surface area contributed by atoms with Crippen LogP contribution in [0.5, 0.6) is 0 Å². The highest BCUT2D eigenvalue weighted by Crippen LogP contribution is 2.22. The molecule has 1 aromatic heterocycles. The number of halogens is 1. The van der Waals surface area contributed by atoms with Crippen LogP contribution < -0.4 is 5.32 Å². The van der Waals surface area contributed by atoms with Crippen molar-refractivity contribution in [3.63, 3.8) is 0 Å². The molecule has 1 N–H and O–H groups in total. The Bertz CT molecular complexity index is 514. The Balaban J connectivity index is 2.45. The lowest BCUT2D eigenvalue weighted by atomic mass is 10.2. The molecular formula is C13H16ClN3. The Morgan fingerprint density at radius 2 is 1.94 bits per heavy atom. The van der Waals surface area contributed by atoms with E-state index in [0.717, 1.165) is 28.6 Å². The van der Waals surface area contributed by atoms with E-state index in [0.29, 0.717) is 0 Å². The van der Waals surface area contributed by atoms with Crippen LogP contribution in [0.3, 0.4) is 0 Å². The Kier molecular flexibility index (Phi) is 3.50. The maximum atomic E-state index is 5.89. The van der Waals surface area contributed by atoms with E-state index in [1.807, 2.05) is 38.4 Å². The maximum Gasteiger partial charge on any atom is 0.140 e. The minimum Gasteiger partial charge on any atom is -0.331 e. The lowest BCUT2D eigenvalue weighted by Crippen LogP contribution is -2.07. The number of hydrogen-bond acceptors (Lipinski definition) is 2. The van der Waals surface area contributed by atoms with Crippen molar-refractivity contribution in [3.05, 3.63) is 40.7 Å². The minimum atomic E-state index is 0.745. The van der Waals surface area contributed by atoms with Crippen molar-refractivity contribution in [2.75, 3.05) is 7.05 Å². The highest BCUT2D eigenvalue weighted by Gasteiger charge is 2.11.